The van der Waals surface area contributed by atoms with Crippen LogP contribution in [0, 0.1) is 21.4 Å². The Morgan fingerprint density at radius 3 is 2.82 bits per heavy atom. The first-order valence-electron chi connectivity index (χ1n) is 4.57. The summed E-state index contributed by atoms with van der Waals surface area (Å²) >= 11 is 0. The van der Waals surface area contributed by atoms with E-state index in [1.807, 2.05) is 0 Å². The Labute approximate surface area is 96.2 Å². The fourth-order valence-electron chi connectivity index (χ4n) is 1.05. The first kappa shape index (κ1) is 12.4. The van der Waals surface area contributed by atoms with E-state index in [-0.39, 0.29) is 17.2 Å². The van der Waals surface area contributed by atoms with E-state index >= 15 is 0 Å². The Kier molecular flexibility index (Phi) is 3.56. The molecular formula is C9H9N5O3. The number of nitrogens with zero attached hydrogens (tertiary/aromatic N) is 3. The maximum absolute atomic E-state index is 10.8. The summed E-state index contributed by atoms with van der Waals surface area (Å²) in [6.07, 6.45) is 0. The van der Waals surface area contributed by atoms with Crippen molar-refractivity contribution in [1.82, 2.24) is 4.98 Å². The van der Waals surface area contributed by atoms with E-state index in [0.717, 1.165) is 6.07 Å². The summed E-state index contributed by atoms with van der Waals surface area (Å²) < 4.78 is 0. The van der Waals surface area contributed by atoms with E-state index in [1.165, 1.54) is 13.0 Å². The lowest BCUT2D eigenvalue weighted by Gasteiger charge is -2.10. The van der Waals surface area contributed by atoms with Gasteiger partial charge in [0.2, 0.25) is 11.6 Å². The Hall–Kier alpha value is -2.69. The van der Waals surface area contributed by atoms with Crippen molar-refractivity contribution >= 4 is 17.4 Å². The van der Waals surface area contributed by atoms with Crippen molar-refractivity contribution in [3.63, 3.8) is 0 Å². The van der Waals surface area contributed by atoms with Crippen LogP contribution in [0.15, 0.2) is 12.1 Å². The molecule has 1 aromatic rings. The number of primary amides is 1. The molecule has 1 aromatic heterocycles. The third-order valence-electron chi connectivity index (χ3n) is 1.97. The number of pyridine rings is 1. The van der Waals surface area contributed by atoms with Crippen LogP contribution >= 0.6 is 0 Å². The van der Waals surface area contributed by atoms with Gasteiger partial charge in [-0.2, -0.15) is 5.26 Å². The molecule has 0 radical (unpaired) electrons. The number of rotatable bonds is 4. The molecule has 1 amide bonds. The average Bonchev–Trinajstić information content (AvgIpc) is 2.28. The van der Waals surface area contributed by atoms with Gasteiger partial charge in [0.15, 0.2) is 0 Å². The van der Waals surface area contributed by atoms with E-state index in [2.05, 4.69) is 10.3 Å². The molecule has 8 nitrogen and oxygen atoms in total. The molecular weight excluding hydrogens is 226 g/mol. The van der Waals surface area contributed by atoms with Crippen LogP contribution in [0.3, 0.4) is 0 Å². The van der Waals surface area contributed by atoms with Crippen LogP contribution in [0.4, 0.5) is 11.5 Å². The zero-order valence-electron chi connectivity index (χ0n) is 8.88. The second-order valence-corrected chi connectivity index (χ2v) is 3.20. The van der Waals surface area contributed by atoms with Crippen LogP contribution in [-0.2, 0) is 4.79 Å². The van der Waals surface area contributed by atoms with Crippen LogP contribution in [0.25, 0.3) is 0 Å². The predicted octanol–water partition coefficient (Wildman–Crippen LogP) is 0.147. The van der Waals surface area contributed by atoms with Gasteiger partial charge in [0.25, 0.3) is 0 Å². The number of hydrogen-bond donors (Lipinski definition) is 2. The zero-order valence-corrected chi connectivity index (χ0v) is 8.88. The molecule has 0 spiro atoms. The molecule has 0 fully saturated rings. The quantitative estimate of drug-likeness (QED) is 0.563. The lowest BCUT2D eigenvalue weighted by molar-refractivity contribution is -0.385. The summed E-state index contributed by atoms with van der Waals surface area (Å²) in [5.41, 5.74) is 4.32. The largest absolute Gasteiger partial charge is 0.368 e. The van der Waals surface area contributed by atoms with Crippen molar-refractivity contribution in [2.45, 2.75) is 13.0 Å². The molecule has 1 unspecified atom stereocenters. The number of nitrogens with one attached hydrogen (secondary N) is 1. The number of nitrogens with two attached hydrogens (primary N) is 1. The summed E-state index contributed by atoms with van der Waals surface area (Å²) in [6.45, 7) is 1.51. The molecule has 88 valence electrons. The van der Waals surface area contributed by atoms with Crippen LogP contribution < -0.4 is 11.1 Å². The molecule has 17 heavy (non-hydrogen) atoms. The standard InChI is InChI=1S/C9H9N5O3/c1-5(9(11)15)12-8-3-2-7(14(16)17)6(4-10)13-8/h2-3,5H,1H3,(H2,11,15)(H,12,13). The number of carbonyl (C=O) groups excluding carboxylic acids is 1. The Balaban J connectivity index is 3.03. The lowest BCUT2D eigenvalue weighted by atomic mass is 10.3. The van der Waals surface area contributed by atoms with Gasteiger partial charge < -0.3 is 11.1 Å². The van der Waals surface area contributed by atoms with E-state index in [1.54, 1.807) is 6.07 Å². The Bertz CT molecular complexity index is 508. The summed E-state index contributed by atoms with van der Waals surface area (Å²) in [5, 5.41) is 21.9. The molecule has 0 bridgehead atoms. The van der Waals surface area contributed by atoms with Gasteiger partial charge in [0, 0.05) is 6.07 Å². The number of nitro groups is 1. The molecule has 3 N–H and O–H groups in total. The molecule has 0 aliphatic carbocycles. The van der Waals surface area contributed by atoms with Crippen molar-refractivity contribution in [1.29, 1.82) is 5.26 Å². The van der Waals surface area contributed by atoms with Crippen LogP contribution in [-0.4, -0.2) is 21.9 Å². The summed E-state index contributed by atoms with van der Waals surface area (Å²) in [6, 6.07) is 3.37. The second kappa shape index (κ2) is 4.89. The minimum atomic E-state index is -0.702. The molecule has 8 heteroatoms. The monoisotopic (exact) mass is 235 g/mol. The van der Waals surface area contributed by atoms with E-state index in [0.29, 0.717) is 0 Å². The highest BCUT2D eigenvalue weighted by atomic mass is 16.6. The highest BCUT2D eigenvalue weighted by Gasteiger charge is 2.17. The highest BCUT2D eigenvalue weighted by molar-refractivity contribution is 5.82. The zero-order chi connectivity index (χ0) is 13.0. The minimum absolute atomic E-state index is 0.179. The van der Waals surface area contributed by atoms with Crippen LogP contribution in [0.5, 0.6) is 0 Å². The van der Waals surface area contributed by atoms with Crippen LogP contribution in [0.1, 0.15) is 12.6 Å². The second-order valence-electron chi connectivity index (χ2n) is 3.20. The normalized spacial score (nSPS) is 11.3. The molecule has 0 aliphatic rings. The first-order chi connectivity index (χ1) is 7.95. The molecule has 0 saturated carbocycles. The first-order valence-corrected chi connectivity index (χ1v) is 4.57. The highest BCUT2D eigenvalue weighted by Crippen LogP contribution is 2.18. The van der Waals surface area contributed by atoms with Gasteiger partial charge in [-0.3, -0.25) is 14.9 Å². The maximum Gasteiger partial charge on any atom is 0.305 e. The molecule has 0 saturated heterocycles. The SMILES string of the molecule is CC(Nc1ccc([N+](=O)[O-])c(C#N)n1)C(N)=O. The number of hydrogen-bond acceptors (Lipinski definition) is 6. The smallest absolute Gasteiger partial charge is 0.305 e. The molecule has 1 rings (SSSR count). The van der Waals surface area contributed by atoms with Gasteiger partial charge in [-0.05, 0) is 13.0 Å². The topological polar surface area (TPSA) is 135 Å². The van der Waals surface area contributed by atoms with Crippen molar-refractivity contribution in [3.8, 4) is 6.07 Å². The Morgan fingerprint density at radius 1 is 1.71 bits per heavy atom. The number of aromatic nitrogens is 1. The van der Waals surface area contributed by atoms with Crippen molar-refractivity contribution < 1.29 is 9.72 Å². The van der Waals surface area contributed by atoms with Crippen molar-refractivity contribution in [2.75, 3.05) is 5.32 Å². The third kappa shape index (κ3) is 2.88. The fraction of sp³-hybridized carbons (Fsp3) is 0.222. The van der Waals surface area contributed by atoms with Gasteiger partial charge in [-0.15, -0.1) is 0 Å². The van der Waals surface area contributed by atoms with Crippen molar-refractivity contribution in [2.24, 2.45) is 5.73 Å². The maximum atomic E-state index is 10.8. The Morgan fingerprint density at radius 2 is 2.35 bits per heavy atom. The predicted molar refractivity (Wildman–Crippen MR) is 57.9 cm³/mol. The molecule has 0 aliphatic heterocycles. The van der Waals surface area contributed by atoms with Gasteiger partial charge in [-0.1, -0.05) is 0 Å². The lowest BCUT2D eigenvalue weighted by Crippen LogP contribution is -2.32. The number of nitriles is 1. The number of anilines is 1. The molecule has 1 atom stereocenters. The summed E-state index contributed by atoms with van der Waals surface area (Å²) in [5.74, 6) is -0.415. The van der Waals surface area contributed by atoms with E-state index < -0.39 is 16.9 Å². The molecule has 0 aromatic carbocycles. The van der Waals surface area contributed by atoms with E-state index in [9.17, 15) is 14.9 Å². The van der Waals surface area contributed by atoms with Crippen LogP contribution in [0.2, 0.25) is 0 Å². The number of amides is 1. The summed E-state index contributed by atoms with van der Waals surface area (Å²) in [7, 11) is 0. The number of carbonyl (C=O) groups is 1. The summed E-state index contributed by atoms with van der Waals surface area (Å²) in [4.78, 5) is 24.3. The van der Waals surface area contributed by atoms with E-state index in [4.69, 9.17) is 11.0 Å². The van der Waals surface area contributed by atoms with Gasteiger partial charge in [0.05, 0.1) is 4.92 Å². The van der Waals surface area contributed by atoms with Crippen molar-refractivity contribution in [3.05, 3.63) is 27.9 Å². The fourth-order valence-corrected chi connectivity index (χ4v) is 1.05. The van der Waals surface area contributed by atoms with Gasteiger partial charge in [-0.25, -0.2) is 4.98 Å². The average molecular weight is 235 g/mol. The van der Waals surface area contributed by atoms with Gasteiger partial charge in [0.1, 0.15) is 17.9 Å². The minimum Gasteiger partial charge on any atom is -0.368 e. The van der Waals surface area contributed by atoms with Gasteiger partial charge >= 0.3 is 5.69 Å². The molecule has 1 heterocycles. The third-order valence-corrected chi connectivity index (χ3v) is 1.97.